The van der Waals surface area contributed by atoms with E-state index < -0.39 is 4.92 Å². The molecule has 0 aliphatic heterocycles. The number of aliphatic hydroxyl groups excluding tert-OH is 1. The molecule has 0 radical (unpaired) electrons. The Balaban J connectivity index is 2.13. The molecule has 5 nitrogen and oxygen atoms in total. The normalized spacial score (nSPS) is 10.4. The van der Waals surface area contributed by atoms with Crippen molar-refractivity contribution in [3.63, 3.8) is 0 Å². The van der Waals surface area contributed by atoms with Gasteiger partial charge >= 0.3 is 0 Å². The van der Waals surface area contributed by atoms with Crippen LogP contribution in [0.3, 0.4) is 0 Å². The number of ether oxygens (including phenoxy) is 1. The summed E-state index contributed by atoms with van der Waals surface area (Å²) < 4.78 is 6.58. The van der Waals surface area contributed by atoms with Crippen molar-refractivity contribution in [2.45, 2.75) is 13.2 Å². The van der Waals surface area contributed by atoms with E-state index in [0.717, 1.165) is 8.66 Å². The van der Waals surface area contributed by atoms with Crippen LogP contribution in [0.5, 0.6) is 5.75 Å². The quantitative estimate of drug-likeness (QED) is 0.666. The largest absolute Gasteiger partial charge is 0.488 e. The molecule has 19 heavy (non-hydrogen) atoms. The summed E-state index contributed by atoms with van der Waals surface area (Å²) in [7, 11) is 0. The van der Waals surface area contributed by atoms with Crippen molar-refractivity contribution < 1.29 is 14.8 Å². The Kier molecular flexibility index (Phi) is 4.52. The zero-order valence-corrected chi connectivity index (χ0v) is 12.1. The zero-order valence-electron chi connectivity index (χ0n) is 9.71. The average Bonchev–Trinajstić information content (AvgIpc) is 2.81. The van der Waals surface area contributed by atoms with Gasteiger partial charge in [-0.05, 0) is 34.1 Å². The molecule has 7 heteroatoms. The Morgan fingerprint density at radius 3 is 2.74 bits per heavy atom. The van der Waals surface area contributed by atoms with Crippen LogP contribution in [0.25, 0.3) is 0 Å². The maximum Gasteiger partial charge on any atom is 0.270 e. The lowest BCUT2D eigenvalue weighted by Crippen LogP contribution is -1.98. The first kappa shape index (κ1) is 14.0. The summed E-state index contributed by atoms with van der Waals surface area (Å²) in [6, 6.07) is 8.04. The van der Waals surface area contributed by atoms with E-state index >= 15 is 0 Å². The number of nitrogens with zero attached hydrogens (tertiary/aromatic N) is 1. The van der Waals surface area contributed by atoms with E-state index in [2.05, 4.69) is 15.9 Å². The van der Waals surface area contributed by atoms with Crippen LogP contribution in [-0.4, -0.2) is 10.0 Å². The van der Waals surface area contributed by atoms with Crippen LogP contribution in [0, 0.1) is 10.1 Å². The van der Waals surface area contributed by atoms with Gasteiger partial charge in [-0.2, -0.15) is 0 Å². The number of benzene rings is 1. The maximum absolute atomic E-state index is 10.6. The third kappa shape index (κ3) is 3.52. The van der Waals surface area contributed by atoms with Gasteiger partial charge in [0.15, 0.2) is 0 Å². The highest BCUT2D eigenvalue weighted by Crippen LogP contribution is 2.27. The Labute approximate surface area is 121 Å². The molecule has 0 fully saturated rings. The lowest BCUT2D eigenvalue weighted by molar-refractivity contribution is -0.385. The maximum atomic E-state index is 10.6. The number of non-ortho nitro benzene ring substituents is 1. The molecule has 0 saturated carbocycles. The van der Waals surface area contributed by atoms with E-state index in [0.29, 0.717) is 17.9 Å². The van der Waals surface area contributed by atoms with E-state index in [1.165, 1.54) is 18.2 Å². The van der Waals surface area contributed by atoms with Gasteiger partial charge in [0.05, 0.1) is 15.3 Å². The predicted molar refractivity (Wildman–Crippen MR) is 75.4 cm³/mol. The molecule has 0 aliphatic carbocycles. The van der Waals surface area contributed by atoms with Crippen LogP contribution < -0.4 is 4.74 Å². The molecular formula is C12H10BrNO4S. The molecule has 0 bridgehead atoms. The van der Waals surface area contributed by atoms with Crippen LogP contribution in [0.1, 0.15) is 10.4 Å². The minimum Gasteiger partial charge on any atom is -0.488 e. The molecule has 0 spiro atoms. The SMILES string of the molecule is O=[N+]([O-])c1ccc(OCc2ccc(Br)s2)c(CO)c1. The van der Waals surface area contributed by atoms with Gasteiger partial charge in [-0.3, -0.25) is 10.1 Å². The third-order valence-electron chi connectivity index (χ3n) is 2.42. The van der Waals surface area contributed by atoms with Gasteiger partial charge in [-0.15, -0.1) is 11.3 Å². The molecule has 0 atom stereocenters. The molecule has 1 aromatic carbocycles. The number of nitro benzene ring substituents is 1. The minimum absolute atomic E-state index is 0.0599. The molecule has 2 rings (SSSR count). The van der Waals surface area contributed by atoms with Gasteiger partial charge in [-0.1, -0.05) is 0 Å². The van der Waals surface area contributed by atoms with Crippen molar-refractivity contribution in [2.75, 3.05) is 0 Å². The monoisotopic (exact) mass is 343 g/mol. The van der Waals surface area contributed by atoms with Crippen molar-refractivity contribution in [1.82, 2.24) is 0 Å². The summed E-state index contributed by atoms with van der Waals surface area (Å²) in [5, 5.41) is 19.9. The number of halogens is 1. The highest BCUT2D eigenvalue weighted by atomic mass is 79.9. The molecule has 0 amide bonds. The molecule has 2 aromatic rings. The van der Waals surface area contributed by atoms with Crippen LogP contribution >= 0.6 is 27.3 Å². The van der Waals surface area contributed by atoms with Gasteiger partial charge in [0.2, 0.25) is 0 Å². The topological polar surface area (TPSA) is 72.6 Å². The third-order valence-corrected chi connectivity index (χ3v) is 4.02. The summed E-state index contributed by atoms with van der Waals surface area (Å²) in [5.74, 6) is 0.456. The van der Waals surface area contributed by atoms with Crippen molar-refractivity contribution in [2.24, 2.45) is 0 Å². The highest BCUT2D eigenvalue weighted by Gasteiger charge is 2.11. The number of rotatable bonds is 5. The minimum atomic E-state index is -0.501. The smallest absolute Gasteiger partial charge is 0.270 e. The lowest BCUT2D eigenvalue weighted by Gasteiger charge is -2.08. The van der Waals surface area contributed by atoms with E-state index in [4.69, 9.17) is 4.74 Å². The zero-order chi connectivity index (χ0) is 13.8. The summed E-state index contributed by atoms with van der Waals surface area (Å²) >= 11 is 4.91. The number of hydrogen-bond donors (Lipinski definition) is 1. The molecule has 100 valence electrons. The summed E-state index contributed by atoms with van der Waals surface area (Å²) in [6.07, 6.45) is 0. The number of aliphatic hydroxyl groups is 1. The molecule has 0 unspecified atom stereocenters. The molecule has 1 heterocycles. The number of hydrogen-bond acceptors (Lipinski definition) is 5. The fraction of sp³-hybridized carbons (Fsp3) is 0.167. The number of nitro groups is 1. The Morgan fingerprint density at radius 2 is 2.16 bits per heavy atom. The molecule has 1 aromatic heterocycles. The second-order valence-corrected chi connectivity index (χ2v) is 6.25. The van der Waals surface area contributed by atoms with Crippen molar-refractivity contribution in [1.29, 1.82) is 0 Å². The van der Waals surface area contributed by atoms with Crippen molar-refractivity contribution in [3.8, 4) is 5.75 Å². The second-order valence-electron chi connectivity index (χ2n) is 3.70. The Hall–Kier alpha value is -1.44. The first-order valence-electron chi connectivity index (χ1n) is 5.35. The first-order chi connectivity index (χ1) is 9.10. The highest BCUT2D eigenvalue weighted by molar-refractivity contribution is 9.11. The Bertz CT molecular complexity index is 599. The van der Waals surface area contributed by atoms with E-state index in [9.17, 15) is 15.2 Å². The van der Waals surface area contributed by atoms with Crippen LogP contribution in [0.15, 0.2) is 34.1 Å². The Morgan fingerprint density at radius 1 is 1.37 bits per heavy atom. The summed E-state index contributed by atoms with van der Waals surface area (Å²) in [5.41, 5.74) is 0.347. The average molecular weight is 344 g/mol. The molecular weight excluding hydrogens is 334 g/mol. The number of thiophene rings is 1. The van der Waals surface area contributed by atoms with Crippen molar-refractivity contribution in [3.05, 3.63) is 54.7 Å². The predicted octanol–water partition coefficient (Wildman–Crippen LogP) is 3.49. The summed E-state index contributed by atoms with van der Waals surface area (Å²) in [6.45, 7) is 0.0617. The van der Waals surface area contributed by atoms with Gasteiger partial charge in [-0.25, -0.2) is 0 Å². The lowest BCUT2D eigenvalue weighted by atomic mass is 10.2. The van der Waals surface area contributed by atoms with E-state index in [1.54, 1.807) is 11.3 Å². The van der Waals surface area contributed by atoms with Crippen LogP contribution in [0.4, 0.5) is 5.69 Å². The van der Waals surface area contributed by atoms with E-state index in [-0.39, 0.29) is 12.3 Å². The molecule has 1 N–H and O–H groups in total. The summed E-state index contributed by atoms with van der Waals surface area (Å²) in [4.78, 5) is 11.2. The van der Waals surface area contributed by atoms with Gasteiger partial charge in [0, 0.05) is 22.6 Å². The van der Waals surface area contributed by atoms with Gasteiger partial charge in [0.25, 0.3) is 5.69 Å². The standard InChI is InChI=1S/C12H10BrNO4S/c13-12-4-2-10(19-12)7-18-11-3-1-9(14(16)17)5-8(11)6-15/h1-5,15H,6-7H2. The van der Waals surface area contributed by atoms with Gasteiger partial charge in [0.1, 0.15) is 12.4 Å². The fourth-order valence-electron chi connectivity index (χ4n) is 1.52. The molecule has 0 aliphatic rings. The van der Waals surface area contributed by atoms with Crippen LogP contribution in [0.2, 0.25) is 0 Å². The molecule has 0 saturated heterocycles. The fourth-order valence-corrected chi connectivity index (χ4v) is 2.92. The second kappa shape index (κ2) is 6.14. The van der Waals surface area contributed by atoms with Crippen LogP contribution in [-0.2, 0) is 13.2 Å². The van der Waals surface area contributed by atoms with Crippen molar-refractivity contribution >= 4 is 33.0 Å². The first-order valence-corrected chi connectivity index (χ1v) is 6.96. The van der Waals surface area contributed by atoms with Gasteiger partial charge < -0.3 is 9.84 Å². The van der Waals surface area contributed by atoms with E-state index in [1.807, 2.05) is 12.1 Å².